The lowest BCUT2D eigenvalue weighted by molar-refractivity contribution is -0.187. The molecule has 2 heterocycles. The third kappa shape index (κ3) is 7.02. The number of phenols is 2. The fourth-order valence-electron chi connectivity index (χ4n) is 6.57. The van der Waals surface area contributed by atoms with Crippen LogP contribution in [-0.2, 0) is 28.6 Å². The molecule has 0 aromatic heterocycles. The molecule has 3 aliphatic rings. The minimum atomic E-state index is -1.69. The summed E-state index contributed by atoms with van der Waals surface area (Å²) in [5.74, 6) is -4.92. The minimum Gasteiger partial charge on any atom is -0.508 e. The van der Waals surface area contributed by atoms with E-state index >= 15 is 0 Å². The number of benzene rings is 1. The third-order valence-corrected chi connectivity index (χ3v) is 9.40. The van der Waals surface area contributed by atoms with E-state index in [1.165, 1.54) is 47.8 Å². The highest BCUT2D eigenvalue weighted by Gasteiger charge is 2.50. The SMILES string of the molecule is COC(=O)/C(C)=C/[C@@](C)(O)[C@@H]1OC(=O)C2=C[C@H](C)[C@@H]([C@H](C)/C=C\C=C(/C)C(=O)NC3=C(C)C(=O)c4cc(O)c(C)c(O)c4C3=O)O[C@@H]2[C@@H]1C. The van der Waals surface area contributed by atoms with Gasteiger partial charge < -0.3 is 34.8 Å². The molecule has 1 fully saturated rings. The molecule has 1 amide bonds. The van der Waals surface area contributed by atoms with Crippen molar-refractivity contribution in [1.82, 2.24) is 5.32 Å². The molecule has 12 heteroatoms. The van der Waals surface area contributed by atoms with Crippen LogP contribution in [0.15, 0.2) is 64.4 Å². The Labute approximate surface area is 284 Å². The molecule has 1 saturated heterocycles. The van der Waals surface area contributed by atoms with E-state index in [-0.39, 0.29) is 62.8 Å². The first-order valence-electron chi connectivity index (χ1n) is 15.9. The van der Waals surface area contributed by atoms with Crippen molar-refractivity contribution in [3.63, 3.8) is 0 Å². The molecule has 7 atom stereocenters. The van der Waals surface area contributed by atoms with Crippen molar-refractivity contribution in [1.29, 1.82) is 0 Å². The van der Waals surface area contributed by atoms with E-state index in [4.69, 9.17) is 14.2 Å². The van der Waals surface area contributed by atoms with E-state index in [1.54, 1.807) is 19.1 Å². The number of hydrogen-bond acceptors (Lipinski definition) is 11. The molecule has 0 saturated carbocycles. The largest absolute Gasteiger partial charge is 0.508 e. The van der Waals surface area contributed by atoms with Crippen LogP contribution in [0.1, 0.15) is 74.7 Å². The molecule has 4 N–H and O–H groups in total. The summed E-state index contributed by atoms with van der Waals surface area (Å²) in [5, 5.41) is 34.3. The number of allylic oxidation sites excluding steroid dienone is 4. The van der Waals surface area contributed by atoms with Gasteiger partial charge in [-0.05, 0) is 46.8 Å². The Morgan fingerprint density at radius 3 is 2.37 bits per heavy atom. The zero-order chi connectivity index (χ0) is 36.7. The zero-order valence-electron chi connectivity index (χ0n) is 29.0. The number of amides is 1. The van der Waals surface area contributed by atoms with Gasteiger partial charge in [-0.1, -0.05) is 45.1 Å². The average Bonchev–Trinajstić information content (AvgIpc) is 3.04. The second-order valence-electron chi connectivity index (χ2n) is 13.2. The average molecular weight is 678 g/mol. The lowest BCUT2D eigenvalue weighted by atomic mass is 9.77. The van der Waals surface area contributed by atoms with E-state index in [9.17, 15) is 39.3 Å². The second-order valence-corrected chi connectivity index (χ2v) is 13.2. The second kappa shape index (κ2) is 14.0. The molecule has 1 aromatic carbocycles. The number of Topliss-reactive ketones (excluding diaryl/α,β-unsaturated/α-hetero) is 2. The maximum absolute atomic E-state index is 13.2. The molecule has 1 aliphatic carbocycles. The van der Waals surface area contributed by atoms with Crippen molar-refractivity contribution in [2.75, 3.05) is 7.11 Å². The van der Waals surface area contributed by atoms with Crippen molar-refractivity contribution in [2.24, 2.45) is 17.8 Å². The Hall–Kier alpha value is -4.81. The normalized spacial score (nSPS) is 26.4. The molecule has 0 unspecified atom stereocenters. The van der Waals surface area contributed by atoms with Crippen molar-refractivity contribution in [3.8, 4) is 11.5 Å². The number of nitrogens with one attached hydrogen (secondary N) is 1. The number of carbonyl (C=O) groups is 5. The van der Waals surface area contributed by atoms with Crippen LogP contribution in [0.3, 0.4) is 0 Å². The van der Waals surface area contributed by atoms with E-state index in [2.05, 4.69) is 5.32 Å². The summed E-state index contributed by atoms with van der Waals surface area (Å²) < 4.78 is 16.9. The first kappa shape index (κ1) is 37.0. The van der Waals surface area contributed by atoms with Gasteiger partial charge in [0.15, 0.2) is 5.78 Å². The number of phenolic OH excluding ortho intramolecular Hbond substituents is 2. The number of rotatable bonds is 8. The topological polar surface area (TPSA) is 186 Å². The van der Waals surface area contributed by atoms with E-state index < -0.39 is 58.9 Å². The van der Waals surface area contributed by atoms with Gasteiger partial charge in [0.1, 0.15) is 23.2 Å². The van der Waals surface area contributed by atoms with E-state index in [0.29, 0.717) is 5.57 Å². The Morgan fingerprint density at radius 1 is 1.08 bits per heavy atom. The van der Waals surface area contributed by atoms with E-state index in [1.807, 2.05) is 26.0 Å². The zero-order valence-corrected chi connectivity index (χ0v) is 29.0. The van der Waals surface area contributed by atoms with Crippen LogP contribution in [0.25, 0.3) is 0 Å². The summed E-state index contributed by atoms with van der Waals surface area (Å²) >= 11 is 0. The molecular weight excluding hydrogens is 634 g/mol. The van der Waals surface area contributed by atoms with E-state index in [0.717, 1.165) is 6.07 Å². The first-order valence-corrected chi connectivity index (χ1v) is 15.9. The van der Waals surface area contributed by atoms with Gasteiger partial charge >= 0.3 is 11.9 Å². The third-order valence-electron chi connectivity index (χ3n) is 9.40. The van der Waals surface area contributed by atoms with Gasteiger partial charge in [-0.25, -0.2) is 9.59 Å². The summed E-state index contributed by atoms with van der Waals surface area (Å²) in [6.45, 7) is 12.9. The lowest BCUT2D eigenvalue weighted by Gasteiger charge is -2.46. The number of aliphatic hydroxyl groups is 1. The number of esters is 2. The Kier molecular flexibility index (Phi) is 10.6. The maximum Gasteiger partial charge on any atom is 0.336 e. The monoisotopic (exact) mass is 677 g/mol. The van der Waals surface area contributed by atoms with Crippen LogP contribution >= 0.6 is 0 Å². The molecule has 4 rings (SSSR count). The highest BCUT2D eigenvalue weighted by molar-refractivity contribution is 6.28. The van der Waals surface area contributed by atoms with Gasteiger partial charge in [-0.2, -0.15) is 0 Å². The number of ether oxygens (including phenoxy) is 3. The van der Waals surface area contributed by atoms with Crippen molar-refractivity contribution < 1.29 is 53.5 Å². The number of hydrogen-bond donors (Lipinski definition) is 4. The summed E-state index contributed by atoms with van der Waals surface area (Å²) in [5.41, 5.74) is -1.60. The number of ketones is 2. The molecule has 49 heavy (non-hydrogen) atoms. The lowest BCUT2D eigenvalue weighted by Crippen LogP contribution is -2.56. The predicted octanol–water partition coefficient (Wildman–Crippen LogP) is 4.08. The van der Waals surface area contributed by atoms with Crippen molar-refractivity contribution in [3.05, 3.63) is 81.1 Å². The Morgan fingerprint density at radius 2 is 1.73 bits per heavy atom. The highest BCUT2D eigenvalue weighted by atomic mass is 16.6. The van der Waals surface area contributed by atoms with Gasteiger partial charge in [0.2, 0.25) is 5.78 Å². The standard InChI is InChI=1S/C37H43NO11/c1-16(31-18(3)13-24-32(48-31)22(7)33(49-36(24)45)37(8,46)15-19(4)35(44)47-9)11-10-12-17(2)34(43)38-27-21(6)28(40)23-14-25(39)20(5)29(41)26(23)30(27)42/h10-16,18,22,31-33,39,41,46H,1-9H3,(H,38,43)/b11-10-,17-12+,19-15+/t16-,18+,22+,31-,32-,33-,37-/m1/s1. The minimum absolute atomic E-state index is 0.0273. The molecule has 0 spiro atoms. The van der Waals surface area contributed by atoms with Crippen LogP contribution in [0.2, 0.25) is 0 Å². The van der Waals surface area contributed by atoms with Crippen LogP contribution in [0.4, 0.5) is 0 Å². The van der Waals surface area contributed by atoms with Crippen molar-refractivity contribution >= 4 is 29.4 Å². The number of cyclic esters (lactones) is 1. The summed E-state index contributed by atoms with van der Waals surface area (Å²) in [6.07, 6.45) is 6.10. The fourth-order valence-corrected chi connectivity index (χ4v) is 6.57. The van der Waals surface area contributed by atoms with Gasteiger partial charge in [0.25, 0.3) is 5.91 Å². The Balaban J connectivity index is 1.48. The van der Waals surface area contributed by atoms with Crippen LogP contribution in [-0.4, -0.2) is 75.8 Å². The van der Waals surface area contributed by atoms with Gasteiger partial charge in [-0.15, -0.1) is 0 Å². The summed E-state index contributed by atoms with van der Waals surface area (Å²) in [7, 11) is 1.23. The fraction of sp³-hybridized carbons (Fsp3) is 0.432. The van der Waals surface area contributed by atoms with Crippen LogP contribution in [0, 0.1) is 24.7 Å². The maximum atomic E-state index is 13.2. The Bertz CT molecular complexity index is 1770. The van der Waals surface area contributed by atoms with Gasteiger partial charge in [-0.3, -0.25) is 14.4 Å². The number of methoxy groups -OCH3 is 1. The quantitative estimate of drug-likeness (QED) is 0.177. The molecule has 1 aromatic rings. The highest BCUT2D eigenvalue weighted by Crippen LogP contribution is 2.41. The molecule has 12 nitrogen and oxygen atoms in total. The molecule has 2 aliphatic heterocycles. The predicted molar refractivity (Wildman–Crippen MR) is 177 cm³/mol. The summed E-state index contributed by atoms with van der Waals surface area (Å²) in [6, 6.07) is 1.13. The molecule has 0 bridgehead atoms. The molecule has 0 radical (unpaired) electrons. The smallest absolute Gasteiger partial charge is 0.336 e. The van der Waals surface area contributed by atoms with Crippen molar-refractivity contribution in [2.45, 2.75) is 79.3 Å². The summed E-state index contributed by atoms with van der Waals surface area (Å²) in [4.78, 5) is 64.2. The van der Waals surface area contributed by atoms with Gasteiger partial charge in [0, 0.05) is 45.6 Å². The first-order chi connectivity index (χ1) is 22.8. The van der Waals surface area contributed by atoms with Crippen LogP contribution < -0.4 is 5.32 Å². The number of aromatic hydroxyl groups is 2. The number of carbonyl (C=O) groups excluding carboxylic acids is 5. The number of fused-ring (bicyclic) bond motifs is 2. The molecule has 262 valence electrons. The van der Waals surface area contributed by atoms with Crippen LogP contribution in [0.5, 0.6) is 11.5 Å². The van der Waals surface area contributed by atoms with Gasteiger partial charge in [0.05, 0.1) is 36.2 Å². The molecular formula is C37H43NO11.